The van der Waals surface area contributed by atoms with E-state index in [-0.39, 0.29) is 18.2 Å². The van der Waals surface area contributed by atoms with Crippen LogP contribution in [0.1, 0.15) is 47.8 Å². The molecule has 2 heterocycles. The zero-order chi connectivity index (χ0) is 25.2. The highest BCUT2D eigenvalue weighted by Crippen LogP contribution is 2.40. The van der Waals surface area contributed by atoms with E-state index in [0.717, 1.165) is 53.7 Å². The average molecular weight is 504 g/mol. The number of hydrogen-bond donors (Lipinski definition) is 1. The van der Waals surface area contributed by atoms with Gasteiger partial charge in [0.1, 0.15) is 0 Å². The van der Waals surface area contributed by atoms with Crippen LogP contribution >= 0.6 is 11.8 Å². The minimum atomic E-state index is -4.46. The third-order valence-electron chi connectivity index (χ3n) is 5.71. The van der Waals surface area contributed by atoms with Crippen molar-refractivity contribution in [1.29, 1.82) is 0 Å². The molecule has 10 heteroatoms. The van der Waals surface area contributed by atoms with Crippen LogP contribution in [0.25, 0.3) is 0 Å². The number of alkyl halides is 3. The van der Waals surface area contributed by atoms with Gasteiger partial charge in [-0.25, -0.2) is 9.79 Å². The number of rotatable bonds is 5. The lowest BCUT2D eigenvalue weighted by Crippen LogP contribution is -2.42. The molecule has 2 aromatic rings. The molecular weight excluding hydrogens is 479 g/mol. The first-order chi connectivity index (χ1) is 16.7. The van der Waals surface area contributed by atoms with E-state index in [2.05, 4.69) is 15.2 Å². The van der Waals surface area contributed by atoms with Crippen molar-refractivity contribution in [3.63, 3.8) is 0 Å². The first kappa shape index (κ1) is 24.8. The molecular formula is C25H24F3N3O3S. The van der Waals surface area contributed by atoms with Crippen LogP contribution in [-0.4, -0.2) is 40.8 Å². The van der Waals surface area contributed by atoms with Gasteiger partial charge in [-0.15, -0.1) is 0 Å². The summed E-state index contributed by atoms with van der Waals surface area (Å²) in [6.45, 7) is 4.56. The summed E-state index contributed by atoms with van der Waals surface area (Å²) in [5.74, 6) is 0.0286. The Bertz CT molecular complexity index is 1180. The molecule has 0 aliphatic carbocycles. The quantitative estimate of drug-likeness (QED) is 0.535. The molecule has 2 aliphatic heterocycles. The molecule has 0 spiro atoms. The molecule has 1 N–H and O–H groups in total. The predicted octanol–water partition coefficient (Wildman–Crippen LogP) is 5.64. The Morgan fingerprint density at radius 1 is 1.14 bits per heavy atom. The van der Waals surface area contributed by atoms with Crippen LogP contribution in [0.15, 0.2) is 64.8 Å². The lowest BCUT2D eigenvalue weighted by Gasteiger charge is -2.40. The summed E-state index contributed by atoms with van der Waals surface area (Å²) in [5.41, 5.74) is 1.73. The number of nitrogens with one attached hydrogen (secondary N) is 1. The molecule has 1 atom stereocenters. The zero-order valence-electron chi connectivity index (χ0n) is 19.2. The van der Waals surface area contributed by atoms with Crippen molar-refractivity contribution in [2.24, 2.45) is 4.99 Å². The fraction of sp³-hybridized carbons (Fsp3) is 0.320. The molecule has 2 aromatic carbocycles. The monoisotopic (exact) mass is 503 g/mol. The summed E-state index contributed by atoms with van der Waals surface area (Å²) >= 11 is 1.65. The predicted molar refractivity (Wildman–Crippen MR) is 129 cm³/mol. The Balaban J connectivity index is 1.56. The van der Waals surface area contributed by atoms with E-state index in [9.17, 15) is 22.8 Å². The van der Waals surface area contributed by atoms with Crippen LogP contribution in [0.3, 0.4) is 0 Å². The van der Waals surface area contributed by atoms with Gasteiger partial charge >= 0.3 is 12.1 Å². The maximum Gasteiger partial charge on any atom is 0.416 e. The summed E-state index contributed by atoms with van der Waals surface area (Å²) in [4.78, 5) is 32.1. The number of carbonyl (C=O) groups is 2. The number of fused-ring (bicyclic) bond motifs is 1. The molecule has 0 aromatic heterocycles. The van der Waals surface area contributed by atoms with E-state index in [1.807, 2.05) is 12.1 Å². The van der Waals surface area contributed by atoms with E-state index < -0.39 is 23.6 Å². The Kier molecular flexibility index (Phi) is 7.20. The van der Waals surface area contributed by atoms with Crippen molar-refractivity contribution < 1.29 is 27.5 Å². The second kappa shape index (κ2) is 10.2. The second-order valence-electron chi connectivity index (χ2n) is 8.06. The molecule has 0 saturated carbocycles. The van der Waals surface area contributed by atoms with Gasteiger partial charge in [0, 0.05) is 23.5 Å². The Morgan fingerprint density at radius 2 is 1.83 bits per heavy atom. The first-order valence-electron chi connectivity index (χ1n) is 11.1. The molecule has 184 valence electrons. The number of hydrogen-bond acceptors (Lipinski definition) is 6. The number of amidine groups is 1. The SMILES string of the molecule is CCOC(=O)C1=C(C)N=C2SCCCN2[C@H]1c1ccc(NC(=O)c2ccc(C(F)(F)F)cc2)cc1. The topological polar surface area (TPSA) is 71.0 Å². The molecule has 1 amide bonds. The number of anilines is 1. The molecule has 0 radical (unpaired) electrons. The highest BCUT2D eigenvalue weighted by atomic mass is 32.2. The molecule has 35 heavy (non-hydrogen) atoms. The normalized spacial score (nSPS) is 18.0. The van der Waals surface area contributed by atoms with Crippen LogP contribution in [0, 0.1) is 0 Å². The van der Waals surface area contributed by atoms with E-state index in [0.29, 0.717) is 17.0 Å². The van der Waals surface area contributed by atoms with Gasteiger partial charge < -0.3 is 15.0 Å². The number of carbonyl (C=O) groups excluding carboxylic acids is 2. The number of amides is 1. The molecule has 0 bridgehead atoms. The van der Waals surface area contributed by atoms with Crippen LogP contribution < -0.4 is 5.32 Å². The summed E-state index contributed by atoms with van der Waals surface area (Å²) in [7, 11) is 0. The number of thioether (sulfide) groups is 1. The smallest absolute Gasteiger partial charge is 0.416 e. The summed E-state index contributed by atoms with van der Waals surface area (Å²) in [6, 6.07) is 10.7. The average Bonchev–Trinajstić information content (AvgIpc) is 2.83. The fourth-order valence-electron chi connectivity index (χ4n) is 4.05. The number of allylic oxidation sites excluding steroid dienone is 1. The van der Waals surface area contributed by atoms with Gasteiger partial charge in [0.15, 0.2) is 5.17 Å². The largest absolute Gasteiger partial charge is 0.463 e. The Hall–Kier alpha value is -3.27. The third kappa shape index (κ3) is 5.37. The number of nitrogens with zero attached hydrogens (tertiary/aromatic N) is 2. The van der Waals surface area contributed by atoms with Crippen LogP contribution in [0.4, 0.5) is 18.9 Å². The summed E-state index contributed by atoms with van der Waals surface area (Å²) in [6.07, 6.45) is -3.51. The van der Waals surface area contributed by atoms with Gasteiger partial charge in [-0.1, -0.05) is 23.9 Å². The third-order valence-corrected chi connectivity index (χ3v) is 6.79. The Labute approximate surface area is 205 Å². The molecule has 6 nitrogen and oxygen atoms in total. The van der Waals surface area contributed by atoms with Gasteiger partial charge in [0.25, 0.3) is 5.91 Å². The summed E-state index contributed by atoms with van der Waals surface area (Å²) in [5, 5.41) is 3.57. The van der Waals surface area contributed by atoms with Gasteiger partial charge in [0.05, 0.1) is 29.5 Å². The number of ether oxygens (including phenoxy) is 1. The Morgan fingerprint density at radius 3 is 2.46 bits per heavy atom. The van der Waals surface area contributed by atoms with Gasteiger partial charge in [-0.2, -0.15) is 13.2 Å². The minimum absolute atomic E-state index is 0.115. The first-order valence-corrected chi connectivity index (χ1v) is 12.1. The van der Waals surface area contributed by atoms with Crippen molar-refractivity contribution >= 4 is 34.5 Å². The van der Waals surface area contributed by atoms with E-state index in [1.54, 1.807) is 37.7 Å². The minimum Gasteiger partial charge on any atom is -0.463 e. The molecule has 1 saturated heterocycles. The van der Waals surface area contributed by atoms with Gasteiger partial charge in [-0.05, 0) is 62.2 Å². The summed E-state index contributed by atoms with van der Waals surface area (Å²) < 4.78 is 43.6. The number of aliphatic imine (C=N–C) groups is 1. The standard InChI is InChI=1S/C25H24F3N3O3S/c1-3-34-23(33)20-15(2)29-24-31(13-4-14-35-24)21(20)16-7-11-19(12-8-16)30-22(32)17-5-9-18(10-6-17)25(26,27)28/h5-12,21H,3-4,13-14H2,1-2H3,(H,30,32)/t21-/m0/s1. The number of benzene rings is 2. The highest BCUT2D eigenvalue weighted by molar-refractivity contribution is 8.13. The lowest BCUT2D eigenvalue weighted by atomic mass is 9.94. The van der Waals surface area contributed by atoms with Gasteiger partial charge in [-0.3, -0.25) is 4.79 Å². The van der Waals surface area contributed by atoms with Crippen LogP contribution in [-0.2, 0) is 15.7 Å². The maximum absolute atomic E-state index is 12.8. The van der Waals surface area contributed by atoms with Gasteiger partial charge in [0.2, 0.25) is 0 Å². The number of halogens is 3. The lowest BCUT2D eigenvalue weighted by molar-refractivity contribution is -0.139. The van der Waals surface area contributed by atoms with Crippen molar-refractivity contribution in [1.82, 2.24) is 4.90 Å². The second-order valence-corrected chi connectivity index (χ2v) is 9.13. The van der Waals surface area contributed by atoms with Crippen molar-refractivity contribution in [3.05, 3.63) is 76.5 Å². The fourth-order valence-corrected chi connectivity index (χ4v) is 5.07. The zero-order valence-corrected chi connectivity index (χ0v) is 20.0. The van der Waals surface area contributed by atoms with E-state index in [4.69, 9.17) is 4.74 Å². The maximum atomic E-state index is 12.8. The molecule has 4 rings (SSSR count). The molecule has 1 fully saturated rings. The highest BCUT2D eigenvalue weighted by Gasteiger charge is 2.37. The molecule has 2 aliphatic rings. The van der Waals surface area contributed by atoms with Crippen molar-refractivity contribution in [2.75, 3.05) is 24.2 Å². The van der Waals surface area contributed by atoms with Crippen molar-refractivity contribution in [2.45, 2.75) is 32.5 Å². The van der Waals surface area contributed by atoms with E-state index >= 15 is 0 Å². The van der Waals surface area contributed by atoms with Crippen LogP contribution in [0.5, 0.6) is 0 Å². The molecule has 0 unspecified atom stereocenters. The van der Waals surface area contributed by atoms with Crippen molar-refractivity contribution in [3.8, 4) is 0 Å². The van der Waals surface area contributed by atoms with Crippen LogP contribution in [0.2, 0.25) is 0 Å². The van der Waals surface area contributed by atoms with E-state index in [1.165, 1.54) is 0 Å². The number of esters is 1.